The van der Waals surface area contributed by atoms with Gasteiger partial charge in [0.25, 0.3) is 0 Å². The summed E-state index contributed by atoms with van der Waals surface area (Å²) in [6.45, 7) is 8.70. The summed E-state index contributed by atoms with van der Waals surface area (Å²) in [5.41, 5.74) is 4.84. The first-order chi connectivity index (χ1) is 9.95. The lowest BCUT2D eigenvalue weighted by Crippen LogP contribution is -2.07. The third-order valence-electron chi connectivity index (χ3n) is 3.62. The van der Waals surface area contributed by atoms with E-state index in [0.29, 0.717) is 5.92 Å². The van der Waals surface area contributed by atoms with Gasteiger partial charge in [-0.1, -0.05) is 55.8 Å². The molecule has 0 saturated carbocycles. The zero-order valence-electron chi connectivity index (χ0n) is 13.3. The molecule has 1 nitrogen and oxygen atoms in total. The predicted molar refractivity (Wildman–Crippen MR) is 93.2 cm³/mol. The standard InChI is InChI=1S/C19H24ClN/c1-13(2)11-16-6-8-17(9-7-16)15(4)21-19-10-5-14(3)12-18(19)20/h5-10,12-13,15,21H,11H2,1-4H3. The van der Waals surface area contributed by atoms with Crippen molar-refractivity contribution in [2.24, 2.45) is 5.92 Å². The Balaban J connectivity index is 2.07. The molecule has 0 radical (unpaired) electrons. The van der Waals surface area contributed by atoms with Gasteiger partial charge in [0.1, 0.15) is 0 Å². The minimum atomic E-state index is 0.235. The van der Waals surface area contributed by atoms with Crippen LogP contribution in [0.5, 0.6) is 0 Å². The van der Waals surface area contributed by atoms with Crippen molar-refractivity contribution < 1.29 is 0 Å². The normalized spacial score (nSPS) is 12.5. The zero-order chi connectivity index (χ0) is 15.4. The molecule has 112 valence electrons. The van der Waals surface area contributed by atoms with Crippen molar-refractivity contribution in [2.45, 2.75) is 40.2 Å². The highest BCUT2D eigenvalue weighted by atomic mass is 35.5. The molecular weight excluding hydrogens is 278 g/mol. The number of benzene rings is 2. The van der Waals surface area contributed by atoms with Gasteiger partial charge in [-0.15, -0.1) is 0 Å². The van der Waals surface area contributed by atoms with Crippen LogP contribution in [0.2, 0.25) is 5.02 Å². The van der Waals surface area contributed by atoms with E-state index >= 15 is 0 Å². The summed E-state index contributed by atoms with van der Waals surface area (Å²) in [6, 6.07) is 15.2. The number of halogens is 1. The third kappa shape index (κ3) is 4.50. The number of hydrogen-bond donors (Lipinski definition) is 1. The van der Waals surface area contributed by atoms with Gasteiger partial charge < -0.3 is 5.32 Å². The van der Waals surface area contributed by atoms with Gasteiger partial charge in [-0.05, 0) is 55.0 Å². The summed E-state index contributed by atoms with van der Waals surface area (Å²) < 4.78 is 0. The lowest BCUT2D eigenvalue weighted by Gasteiger charge is -2.17. The van der Waals surface area contributed by atoms with Crippen LogP contribution in [0.1, 0.15) is 43.5 Å². The Labute approximate surface area is 133 Å². The first-order valence-electron chi connectivity index (χ1n) is 7.57. The van der Waals surface area contributed by atoms with Gasteiger partial charge >= 0.3 is 0 Å². The molecule has 0 amide bonds. The quantitative estimate of drug-likeness (QED) is 0.712. The van der Waals surface area contributed by atoms with Crippen molar-refractivity contribution in [1.29, 1.82) is 0 Å². The van der Waals surface area contributed by atoms with Crippen LogP contribution in [0, 0.1) is 12.8 Å². The summed E-state index contributed by atoms with van der Waals surface area (Å²) in [4.78, 5) is 0. The molecule has 0 bridgehead atoms. The molecule has 2 aromatic carbocycles. The van der Waals surface area contributed by atoms with Gasteiger partial charge in [0.05, 0.1) is 10.7 Å². The molecular formula is C19H24ClN. The molecule has 0 fully saturated rings. The summed E-state index contributed by atoms with van der Waals surface area (Å²) in [6.07, 6.45) is 1.13. The molecule has 21 heavy (non-hydrogen) atoms. The van der Waals surface area contributed by atoms with Gasteiger partial charge in [0.2, 0.25) is 0 Å². The minimum absolute atomic E-state index is 0.235. The molecule has 0 aromatic heterocycles. The smallest absolute Gasteiger partial charge is 0.0640 e. The fourth-order valence-electron chi connectivity index (χ4n) is 2.47. The van der Waals surface area contributed by atoms with Crippen LogP contribution in [-0.4, -0.2) is 0 Å². The molecule has 1 atom stereocenters. The number of aryl methyl sites for hydroxylation is 1. The van der Waals surface area contributed by atoms with Crippen LogP contribution >= 0.6 is 11.6 Å². The van der Waals surface area contributed by atoms with Crippen LogP contribution in [0.25, 0.3) is 0 Å². The second-order valence-corrected chi connectivity index (χ2v) is 6.60. The third-order valence-corrected chi connectivity index (χ3v) is 3.93. The van der Waals surface area contributed by atoms with Crippen molar-refractivity contribution in [3.63, 3.8) is 0 Å². The molecule has 0 spiro atoms. The van der Waals surface area contributed by atoms with E-state index in [1.165, 1.54) is 16.7 Å². The Morgan fingerprint density at radius 3 is 2.24 bits per heavy atom. The Morgan fingerprint density at radius 1 is 1.00 bits per heavy atom. The number of anilines is 1. The maximum atomic E-state index is 6.28. The fourth-order valence-corrected chi connectivity index (χ4v) is 2.76. The highest BCUT2D eigenvalue weighted by molar-refractivity contribution is 6.33. The van der Waals surface area contributed by atoms with Crippen LogP contribution in [0.3, 0.4) is 0 Å². The first kappa shape index (κ1) is 15.9. The number of hydrogen-bond acceptors (Lipinski definition) is 1. The molecule has 2 rings (SSSR count). The largest absolute Gasteiger partial charge is 0.377 e. The summed E-state index contributed by atoms with van der Waals surface area (Å²) in [5, 5.41) is 4.26. The van der Waals surface area contributed by atoms with Gasteiger partial charge in [0, 0.05) is 6.04 Å². The van der Waals surface area contributed by atoms with Crippen molar-refractivity contribution in [2.75, 3.05) is 5.32 Å². The summed E-state index contributed by atoms with van der Waals surface area (Å²) >= 11 is 6.28. The van der Waals surface area contributed by atoms with Gasteiger partial charge in [-0.3, -0.25) is 0 Å². The molecule has 1 unspecified atom stereocenters. The predicted octanol–water partition coefficient (Wildman–Crippen LogP) is 6.02. The average Bonchev–Trinajstić information content (AvgIpc) is 2.42. The van der Waals surface area contributed by atoms with Crippen LogP contribution < -0.4 is 5.32 Å². The fraction of sp³-hybridized carbons (Fsp3) is 0.368. The van der Waals surface area contributed by atoms with E-state index in [2.05, 4.69) is 56.4 Å². The maximum absolute atomic E-state index is 6.28. The topological polar surface area (TPSA) is 12.0 Å². The Kier molecular flexibility index (Phi) is 5.30. The average molecular weight is 302 g/mol. The molecule has 0 aliphatic heterocycles. The van der Waals surface area contributed by atoms with Crippen LogP contribution in [0.4, 0.5) is 5.69 Å². The van der Waals surface area contributed by atoms with E-state index < -0.39 is 0 Å². The first-order valence-corrected chi connectivity index (χ1v) is 7.95. The van der Waals surface area contributed by atoms with Crippen LogP contribution in [0.15, 0.2) is 42.5 Å². The highest BCUT2D eigenvalue weighted by Crippen LogP contribution is 2.27. The molecule has 2 aromatic rings. The maximum Gasteiger partial charge on any atom is 0.0640 e. The Hall–Kier alpha value is -1.47. The van der Waals surface area contributed by atoms with Crippen molar-refractivity contribution in [1.82, 2.24) is 0 Å². The lowest BCUT2D eigenvalue weighted by molar-refractivity contribution is 0.647. The Bertz CT molecular complexity index is 587. The second-order valence-electron chi connectivity index (χ2n) is 6.19. The van der Waals surface area contributed by atoms with Gasteiger partial charge in [-0.25, -0.2) is 0 Å². The van der Waals surface area contributed by atoms with Gasteiger partial charge in [0.15, 0.2) is 0 Å². The van der Waals surface area contributed by atoms with E-state index in [1.54, 1.807) is 0 Å². The molecule has 2 heteroatoms. The Morgan fingerprint density at radius 2 is 1.67 bits per heavy atom. The highest BCUT2D eigenvalue weighted by Gasteiger charge is 2.08. The van der Waals surface area contributed by atoms with E-state index in [0.717, 1.165) is 17.1 Å². The lowest BCUT2D eigenvalue weighted by atomic mass is 10.00. The van der Waals surface area contributed by atoms with Gasteiger partial charge in [-0.2, -0.15) is 0 Å². The SMILES string of the molecule is Cc1ccc(NC(C)c2ccc(CC(C)C)cc2)c(Cl)c1. The van der Waals surface area contributed by atoms with Crippen LogP contribution in [-0.2, 0) is 6.42 Å². The summed E-state index contributed by atoms with van der Waals surface area (Å²) in [5.74, 6) is 0.692. The number of nitrogens with one attached hydrogen (secondary N) is 1. The molecule has 0 saturated heterocycles. The molecule has 0 heterocycles. The number of rotatable bonds is 5. The molecule has 0 aliphatic carbocycles. The van der Waals surface area contributed by atoms with E-state index in [1.807, 2.05) is 19.1 Å². The zero-order valence-corrected chi connectivity index (χ0v) is 14.0. The van der Waals surface area contributed by atoms with E-state index in [-0.39, 0.29) is 6.04 Å². The van der Waals surface area contributed by atoms with Crippen molar-refractivity contribution in [3.05, 3.63) is 64.2 Å². The summed E-state index contributed by atoms with van der Waals surface area (Å²) in [7, 11) is 0. The minimum Gasteiger partial charge on any atom is -0.377 e. The van der Waals surface area contributed by atoms with Crippen molar-refractivity contribution in [3.8, 4) is 0 Å². The van der Waals surface area contributed by atoms with E-state index in [4.69, 9.17) is 11.6 Å². The molecule has 1 N–H and O–H groups in total. The monoisotopic (exact) mass is 301 g/mol. The van der Waals surface area contributed by atoms with Crippen molar-refractivity contribution >= 4 is 17.3 Å². The molecule has 0 aliphatic rings. The second kappa shape index (κ2) is 7.00. The van der Waals surface area contributed by atoms with E-state index in [9.17, 15) is 0 Å².